The van der Waals surface area contributed by atoms with Crippen molar-refractivity contribution < 1.29 is 13.5 Å². The van der Waals surface area contributed by atoms with E-state index in [-0.39, 0.29) is 5.56 Å². The highest BCUT2D eigenvalue weighted by Gasteiger charge is 2.27. The zero-order valence-corrected chi connectivity index (χ0v) is 7.81. The molecule has 0 spiro atoms. The number of rotatable bonds is 3. The van der Waals surface area contributed by atoms with E-state index in [4.69, 9.17) is 16.3 Å². The number of hydrogen-bond donors (Lipinski definition) is 0. The predicted molar refractivity (Wildman–Crippen MR) is 47.4 cm³/mol. The van der Waals surface area contributed by atoms with E-state index in [1.165, 1.54) is 18.2 Å². The van der Waals surface area contributed by atoms with Crippen LogP contribution in [-0.4, -0.2) is 6.61 Å². The molecule has 0 N–H and O–H groups in total. The lowest BCUT2D eigenvalue weighted by atomic mass is 10.2. The van der Waals surface area contributed by atoms with Crippen LogP contribution in [0.15, 0.2) is 24.3 Å². The fourth-order valence-electron chi connectivity index (χ4n) is 0.929. The number of ether oxygens (including phenoxy) is 1. The second-order valence-corrected chi connectivity index (χ2v) is 2.93. The van der Waals surface area contributed by atoms with E-state index >= 15 is 0 Å². The van der Waals surface area contributed by atoms with Crippen LogP contribution in [0.5, 0.6) is 5.75 Å². The summed E-state index contributed by atoms with van der Waals surface area (Å²) in [5.41, 5.74) is -0.250. The van der Waals surface area contributed by atoms with E-state index in [2.05, 4.69) is 0 Å². The van der Waals surface area contributed by atoms with Gasteiger partial charge in [-0.15, -0.1) is 0 Å². The molecule has 0 saturated carbocycles. The van der Waals surface area contributed by atoms with Gasteiger partial charge in [0.2, 0.25) is 0 Å². The van der Waals surface area contributed by atoms with Gasteiger partial charge in [0, 0.05) is 5.56 Å². The van der Waals surface area contributed by atoms with Crippen molar-refractivity contribution in [3.05, 3.63) is 29.8 Å². The molecule has 1 aromatic rings. The molecule has 0 aliphatic heterocycles. The molecule has 0 aromatic heterocycles. The van der Waals surface area contributed by atoms with Gasteiger partial charge in [-0.05, 0) is 30.7 Å². The molecular weight excluding hydrogens is 198 g/mol. The minimum absolute atomic E-state index is 0.250. The van der Waals surface area contributed by atoms with E-state index in [1.54, 1.807) is 13.0 Å². The number of halogens is 3. The Morgan fingerprint density at radius 3 is 2.69 bits per heavy atom. The van der Waals surface area contributed by atoms with E-state index in [1.807, 2.05) is 0 Å². The third-order valence-corrected chi connectivity index (χ3v) is 1.69. The Labute approximate surface area is 80.3 Å². The quantitative estimate of drug-likeness (QED) is 0.689. The summed E-state index contributed by atoms with van der Waals surface area (Å²) in [6, 6.07) is 5.58. The SMILES string of the molecule is CCOc1cccc(C(F)(F)Cl)c1. The molecule has 0 heterocycles. The maximum atomic E-state index is 12.6. The maximum absolute atomic E-state index is 12.6. The zero-order chi connectivity index (χ0) is 9.90. The highest BCUT2D eigenvalue weighted by Crippen LogP contribution is 2.33. The summed E-state index contributed by atoms with van der Waals surface area (Å²) < 4.78 is 30.2. The molecule has 0 fully saturated rings. The van der Waals surface area contributed by atoms with Crippen LogP contribution in [0.25, 0.3) is 0 Å². The second-order valence-electron chi connectivity index (χ2n) is 2.46. The molecule has 1 aromatic carbocycles. The first-order valence-electron chi connectivity index (χ1n) is 3.84. The maximum Gasteiger partial charge on any atom is 0.348 e. The Morgan fingerprint density at radius 1 is 1.46 bits per heavy atom. The van der Waals surface area contributed by atoms with Crippen LogP contribution in [0.3, 0.4) is 0 Å². The van der Waals surface area contributed by atoms with Gasteiger partial charge < -0.3 is 4.74 Å². The first kappa shape index (κ1) is 10.3. The summed E-state index contributed by atoms with van der Waals surface area (Å²) in [6.45, 7) is 2.23. The molecule has 0 bridgehead atoms. The van der Waals surface area contributed by atoms with Crippen LogP contribution < -0.4 is 4.74 Å². The second kappa shape index (κ2) is 3.92. The van der Waals surface area contributed by atoms with Gasteiger partial charge in [0.1, 0.15) is 5.75 Å². The Morgan fingerprint density at radius 2 is 2.15 bits per heavy atom. The normalized spacial score (nSPS) is 11.4. The number of alkyl halides is 3. The lowest BCUT2D eigenvalue weighted by Crippen LogP contribution is -2.03. The first-order valence-corrected chi connectivity index (χ1v) is 4.22. The topological polar surface area (TPSA) is 9.23 Å². The Kier molecular flexibility index (Phi) is 3.09. The van der Waals surface area contributed by atoms with Crippen molar-refractivity contribution in [2.45, 2.75) is 12.3 Å². The Hall–Kier alpha value is -0.830. The smallest absolute Gasteiger partial charge is 0.348 e. The average molecular weight is 207 g/mol. The van der Waals surface area contributed by atoms with Crippen molar-refractivity contribution in [1.82, 2.24) is 0 Å². The fraction of sp³-hybridized carbons (Fsp3) is 0.333. The minimum Gasteiger partial charge on any atom is -0.494 e. The van der Waals surface area contributed by atoms with Crippen molar-refractivity contribution in [3.63, 3.8) is 0 Å². The number of hydrogen-bond acceptors (Lipinski definition) is 1. The molecule has 4 heteroatoms. The zero-order valence-electron chi connectivity index (χ0n) is 7.06. The molecular formula is C9H9ClF2O. The summed E-state index contributed by atoms with van der Waals surface area (Å²) in [7, 11) is 0. The predicted octanol–water partition coefficient (Wildman–Crippen LogP) is 3.37. The molecule has 0 unspecified atom stereocenters. The molecule has 0 saturated heterocycles. The lowest BCUT2D eigenvalue weighted by Gasteiger charge is -2.09. The van der Waals surface area contributed by atoms with Gasteiger partial charge in [-0.1, -0.05) is 12.1 Å². The van der Waals surface area contributed by atoms with Crippen molar-refractivity contribution >= 4 is 11.6 Å². The summed E-state index contributed by atoms with van der Waals surface area (Å²) >= 11 is 4.84. The number of benzene rings is 1. The molecule has 13 heavy (non-hydrogen) atoms. The van der Waals surface area contributed by atoms with E-state index in [0.717, 1.165) is 0 Å². The lowest BCUT2D eigenvalue weighted by molar-refractivity contribution is 0.0947. The van der Waals surface area contributed by atoms with Gasteiger partial charge in [-0.25, -0.2) is 0 Å². The third kappa shape index (κ3) is 2.84. The molecule has 72 valence electrons. The Balaban J connectivity index is 2.92. The highest BCUT2D eigenvalue weighted by molar-refractivity contribution is 6.21. The standard InChI is InChI=1S/C9H9ClF2O/c1-2-13-8-5-3-4-7(6-8)9(10,11)12/h3-6H,2H2,1H3. The van der Waals surface area contributed by atoms with E-state index in [0.29, 0.717) is 12.4 Å². The Bertz CT molecular complexity index is 283. The molecule has 1 rings (SSSR count). The molecule has 0 radical (unpaired) electrons. The van der Waals surface area contributed by atoms with E-state index in [9.17, 15) is 8.78 Å². The highest BCUT2D eigenvalue weighted by atomic mass is 35.5. The largest absolute Gasteiger partial charge is 0.494 e. The average Bonchev–Trinajstić information content (AvgIpc) is 2.04. The van der Waals surface area contributed by atoms with Crippen molar-refractivity contribution in [1.29, 1.82) is 0 Å². The molecule has 0 atom stereocenters. The van der Waals surface area contributed by atoms with Crippen LogP contribution in [0.2, 0.25) is 0 Å². The van der Waals surface area contributed by atoms with Crippen molar-refractivity contribution in [3.8, 4) is 5.75 Å². The van der Waals surface area contributed by atoms with Gasteiger partial charge in [0.05, 0.1) is 6.61 Å². The summed E-state index contributed by atoms with van der Waals surface area (Å²) in [6.07, 6.45) is 0. The van der Waals surface area contributed by atoms with Gasteiger partial charge in [-0.2, -0.15) is 8.78 Å². The summed E-state index contributed by atoms with van der Waals surface area (Å²) in [5.74, 6) is 0.403. The van der Waals surface area contributed by atoms with Crippen molar-refractivity contribution in [2.75, 3.05) is 6.61 Å². The minimum atomic E-state index is -3.33. The first-order chi connectivity index (χ1) is 6.04. The van der Waals surface area contributed by atoms with Crippen LogP contribution in [0, 0.1) is 0 Å². The monoisotopic (exact) mass is 206 g/mol. The third-order valence-electron chi connectivity index (χ3n) is 1.47. The van der Waals surface area contributed by atoms with Gasteiger partial charge >= 0.3 is 5.38 Å². The molecule has 0 aliphatic carbocycles. The van der Waals surface area contributed by atoms with E-state index < -0.39 is 5.38 Å². The molecule has 0 aliphatic rings. The fourth-order valence-corrected chi connectivity index (χ4v) is 1.05. The van der Waals surface area contributed by atoms with Crippen LogP contribution in [0.1, 0.15) is 12.5 Å². The van der Waals surface area contributed by atoms with Crippen molar-refractivity contribution in [2.24, 2.45) is 0 Å². The molecule has 0 amide bonds. The molecule has 1 nitrogen and oxygen atoms in total. The summed E-state index contributed by atoms with van der Waals surface area (Å²) in [5, 5.41) is -3.33. The van der Waals surface area contributed by atoms with Gasteiger partial charge in [0.25, 0.3) is 0 Å². The van der Waals surface area contributed by atoms with Crippen LogP contribution >= 0.6 is 11.6 Å². The van der Waals surface area contributed by atoms with Gasteiger partial charge in [0.15, 0.2) is 0 Å². The van der Waals surface area contributed by atoms with Crippen LogP contribution in [-0.2, 0) is 5.38 Å². The van der Waals surface area contributed by atoms with Crippen LogP contribution in [0.4, 0.5) is 8.78 Å². The van der Waals surface area contributed by atoms with Gasteiger partial charge in [-0.3, -0.25) is 0 Å². The summed E-state index contributed by atoms with van der Waals surface area (Å²) in [4.78, 5) is 0.